The number of nitrogens with one attached hydrogen (secondary N) is 1. The lowest BCUT2D eigenvalue weighted by Crippen LogP contribution is -2.32. The third-order valence-corrected chi connectivity index (χ3v) is 1.74. The average molecular weight is 253 g/mol. The van der Waals surface area contributed by atoms with Gasteiger partial charge in [-0.15, -0.1) is 0 Å². The second kappa shape index (κ2) is 5.44. The fraction of sp³-hybridized carbons (Fsp3) is 0.455. The van der Waals surface area contributed by atoms with Crippen LogP contribution in [0.5, 0.6) is 0 Å². The second-order valence-corrected chi connectivity index (χ2v) is 4.55. The van der Waals surface area contributed by atoms with Crippen LogP contribution in [0.15, 0.2) is 12.4 Å². The Bertz CT molecular complexity index is 437. The fourth-order valence-corrected chi connectivity index (χ4v) is 1.02. The number of nitrogens with zero attached hydrogens (tertiary/aromatic N) is 2. The Morgan fingerprint density at radius 3 is 2.33 bits per heavy atom. The molecule has 0 aromatic carbocycles. The van der Waals surface area contributed by atoms with Crippen molar-refractivity contribution in [3.63, 3.8) is 0 Å². The second-order valence-electron chi connectivity index (χ2n) is 4.55. The summed E-state index contributed by atoms with van der Waals surface area (Å²) in [6.45, 7) is 5.34. The number of carbonyl (C=O) groups excluding carboxylic acids is 1. The smallest absolute Gasteiger partial charge is 0.408 e. The van der Waals surface area contributed by atoms with Gasteiger partial charge in [0.1, 0.15) is 11.4 Å². The Balaban J connectivity index is 2.49. The lowest BCUT2D eigenvalue weighted by molar-refractivity contribution is 0.0521. The van der Waals surface area contributed by atoms with Gasteiger partial charge in [0.2, 0.25) is 0 Å². The van der Waals surface area contributed by atoms with Crippen LogP contribution < -0.4 is 5.32 Å². The zero-order valence-electron chi connectivity index (χ0n) is 10.4. The van der Waals surface area contributed by atoms with E-state index in [0.717, 1.165) is 0 Å². The maximum Gasteiger partial charge on any atom is 0.408 e. The zero-order valence-corrected chi connectivity index (χ0v) is 10.4. The highest BCUT2D eigenvalue weighted by Crippen LogP contribution is 2.06. The first-order valence-electron chi connectivity index (χ1n) is 5.29. The minimum atomic E-state index is -1.10. The van der Waals surface area contributed by atoms with Crippen molar-refractivity contribution < 1.29 is 19.4 Å². The topological polar surface area (TPSA) is 101 Å². The molecule has 0 saturated carbocycles. The minimum absolute atomic E-state index is 0.00369. The van der Waals surface area contributed by atoms with Crippen molar-refractivity contribution >= 4 is 12.1 Å². The Morgan fingerprint density at radius 2 is 1.89 bits per heavy atom. The summed E-state index contributed by atoms with van der Waals surface area (Å²) in [7, 11) is 0. The number of rotatable bonds is 3. The number of amides is 1. The summed E-state index contributed by atoms with van der Waals surface area (Å²) in [5.41, 5.74) is -0.575. The van der Waals surface area contributed by atoms with Crippen molar-refractivity contribution in [2.24, 2.45) is 0 Å². The molecule has 0 fully saturated rings. The van der Waals surface area contributed by atoms with Gasteiger partial charge in [-0.25, -0.2) is 19.6 Å². The van der Waals surface area contributed by atoms with E-state index in [2.05, 4.69) is 15.3 Å². The normalized spacial score (nSPS) is 10.8. The number of hydrogen-bond donors (Lipinski definition) is 2. The highest BCUT2D eigenvalue weighted by Gasteiger charge is 2.16. The van der Waals surface area contributed by atoms with E-state index in [9.17, 15) is 9.59 Å². The maximum absolute atomic E-state index is 11.3. The summed E-state index contributed by atoms with van der Waals surface area (Å²) >= 11 is 0. The molecular formula is C11H15N3O4. The van der Waals surface area contributed by atoms with Gasteiger partial charge >= 0.3 is 12.1 Å². The Morgan fingerprint density at radius 1 is 1.33 bits per heavy atom. The van der Waals surface area contributed by atoms with E-state index in [-0.39, 0.29) is 12.1 Å². The van der Waals surface area contributed by atoms with Gasteiger partial charge in [-0.3, -0.25) is 0 Å². The van der Waals surface area contributed by atoms with E-state index < -0.39 is 17.7 Å². The first-order chi connectivity index (χ1) is 8.28. The van der Waals surface area contributed by atoms with Crippen molar-refractivity contribution in [1.82, 2.24) is 15.3 Å². The van der Waals surface area contributed by atoms with Crippen LogP contribution in [-0.2, 0) is 11.3 Å². The number of aromatic nitrogens is 2. The predicted octanol–water partition coefficient (Wildman–Crippen LogP) is 1.20. The number of hydrogen-bond acceptors (Lipinski definition) is 5. The molecular weight excluding hydrogens is 238 g/mol. The number of alkyl carbamates (subject to hydrolysis) is 1. The standard InChI is InChI=1S/C11H15N3O4/c1-11(2,3)18-10(17)14-6-8-12-4-7(5-13-8)9(15)16/h4-5H,6H2,1-3H3,(H,14,17)(H,15,16). The van der Waals surface area contributed by atoms with Gasteiger partial charge in [0, 0.05) is 12.4 Å². The third-order valence-electron chi connectivity index (χ3n) is 1.74. The molecule has 0 bridgehead atoms. The van der Waals surface area contributed by atoms with E-state index in [0.29, 0.717) is 5.82 Å². The molecule has 0 unspecified atom stereocenters. The molecule has 98 valence electrons. The third kappa shape index (κ3) is 4.77. The van der Waals surface area contributed by atoms with Gasteiger partial charge in [-0.2, -0.15) is 0 Å². The average Bonchev–Trinajstić information content (AvgIpc) is 2.24. The van der Waals surface area contributed by atoms with Crippen molar-refractivity contribution in [1.29, 1.82) is 0 Å². The molecule has 1 aromatic rings. The fourth-order valence-electron chi connectivity index (χ4n) is 1.02. The van der Waals surface area contributed by atoms with Crippen LogP contribution in [0, 0.1) is 0 Å². The van der Waals surface area contributed by atoms with Crippen molar-refractivity contribution in [2.45, 2.75) is 32.9 Å². The summed E-state index contributed by atoms with van der Waals surface area (Å²) in [5.74, 6) is -0.785. The van der Waals surface area contributed by atoms with Crippen LogP contribution in [0.1, 0.15) is 37.0 Å². The zero-order chi connectivity index (χ0) is 13.8. The number of carboxylic acids is 1. The molecule has 2 N–H and O–H groups in total. The molecule has 1 amide bonds. The molecule has 0 atom stereocenters. The van der Waals surface area contributed by atoms with E-state index >= 15 is 0 Å². The van der Waals surface area contributed by atoms with Crippen LogP contribution >= 0.6 is 0 Å². The van der Waals surface area contributed by atoms with E-state index in [1.54, 1.807) is 20.8 Å². The van der Waals surface area contributed by atoms with Crippen molar-refractivity contribution in [3.8, 4) is 0 Å². The molecule has 0 spiro atoms. The first-order valence-corrected chi connectivity index (χ1v) is 5.29. The van der Waals surface area contributed by atoms with Gasteiger partial charge < -0.3 is 15.2 Å². The number of carbonyl (C=O) groups is 2. The molecule has 0 aliphatic heterocycles. The summed E-state index contributed by atoms with van der Waals surface area (Å²) in [6.07, 6.45) is 1.79. The lowest BCUT2D eigenvalue weighted by atomic mass is 10.2. The molecule has 0 radical (unpaired) electrons. The van der Waals surface area contributed by atoms with Crippen LogP contribution in [0.25, 0.3) is 0 Å². The summed E-state index contributed by atoms with van der Waals surface area (Å²) in [6, 6.07) is 0. The number of carboxylic acid groups (broad SMARTS) is 1. The Kier molecular flexibility index (Phi) is 4.19. The van der Waals surface area contributed by atoms with Gasteiger partial charge in [0.05, 0.1) is 12.1 Å². The van der Waals surface area contributed by atoms with Gasteiger partial charge in [0.25, 0.3) is 0 Å². The van der Waals surface area contributed by atoms with E-state index in [1.165, 1.54) is 12.4 Å². The number of aromatic carboxylic acids is 1. The van der Waals surface area contributed by atoms with Gasteiger partial charge in [0.15, 0.2) is 0 Å². The Labute approximate surface area is 104 Å². The summed E-state index contributed by atoms with van der Waals surface area (Å²) < 4.78 is 5.02. The maximum atomic E-state index is 11.3. The van der Waals surface area contributed by atoms with Crippen LogP contribution in [0.2, 0.25) is 0 Å². The highest BCUT2D eigenvalue weighted by molar-refractivity contribution is 5.86. The Hall–Kier alpha value is -2.18. The van der Waals surface area contributed by atoms with Gasteiger partial charge in [-0.05, 0) is 20.8 Å². The SMILES string of the molecule is CC(C)(C)OC(=O)NCc1ncc(C(=O)O)cn1. The highest BCUT2D eigenvalue weighted by atomic mass is 16.6. The molecule has 0 saturated heterocycles. The minimum Gasteiger partial charge on any atom is -0.478 e. The molecule has 18 heavy (non-hydrogen) atoms. The van der Waals surface area contributed by atoms with Crippen molar-refractivity contribution in [3.05, 3.63) is 23.8 Å². The first kappa shape index (κ1) is 13.9. The molecule has 1 aromatic heterocycles. The summed E-state index contributed by atoms with van der Waals surface area (Å²) in [5, 5.41) is 11.1. The number of ether oxygens (including phenoxy) is 1. The van der Waals surface area contributed by atoms with E-state index in [4.69, 9.17) is 9.84 Å². The molecule has 0 aliphatic rings. The molecule has 0 aliphatic carbocycles. The molecule has 7 heteroatoms. The van der Waals surface area contributed by atoms with E-state index in [1.807, 2.05) is 0 Å². The quantitative estimate of drug-likeness (QED) is 0.839. The predicted molar refractivity (Wildman–Crippen MR) is 62.1 cm³/mol. The monoisotopic (exact) mass is 253 g/mol. The van der Waals surface area contributed by atoms with Crippen molar-refractivity contribution in [2.75, 3.05) is 0 Å². The van der Waals surface area contributed by atoms with Crippen LogP contribution in [0.4, 0.5) is 4.79 Å². The van der Waals surface area contributed by atoms with Gasteiger partial charge in [-0.1, -0.05) is 0 Å². The molecule has 1 rings (SSSR count). The molecule has 7 nitrogen and oxygen atoms in total. The molecule has 1 heterocycles. The van der Waals surface area contributed by atoms with Crippen LogP contribution in [0.3, 0.4) is 0 Å². The van der Waals surface area contributed by atoms with Crippen LogP contribution in [-0.4, -0.2) is 32.7 Å². The summed E-state index contributed by atoms with van der Waals surface area (Å²) in [4.78, 5) is 29.5. The largest absolute Gasteiger partial charge is 0.478 e. The lowest BCUT2D eigenvalue weighted by Gasteiger charge is -2.19.